The predicted molar refractivity (Wildman–Crippen MR) is 57.6 cm³/mol. The zero-order chi connectivity index (χ0) is 9.90. The Kier molecular flexibility index (Phi) is 3.41. The molecule has 1 aromatic rings. The van der Waals surface area contributed by atoms with E-state index in [1.165, 1.54) is 0 Å². The second kappa shape index (κ2) is 4.17. The van der Waals surface area contributed by atoms with Crippen molar-refractivity contribution in [3.8, 4) is 0 Å². The van der Waals surface area contributed by atoms with E-state index in [9.17, 15) is 4.79 Å². The summed E-state index contributed by atoms with van der Waals surface area (Å²) in [7, 11) is -1.62. The first kappa shape index (κ1) is 10.6. The molecular formula is C9H14O2SSi. The molecule has 1 aromatic heterocycles. The third-order valence-electron chi connectivity index (χ3n) is 1.43. The lowest BCUT2D eigenvalue weighted by Crippen LogP contribution is -2.28. The van der Waals surface area contributed by atoms with Gasteiger partial charge in [0.25, 0.3) is 0 Å². The van der Waals surface area contributed by atoms with Gasteiger partial charge >= 0.3 is 0 Å². The van der Waals surface area contributed by atoms with Gasteiger partial charge < -0.3 is 9.22 Å². The predicted octanol–water partition coefficient (Wildman–Crippen LogP) is 2.84. The number of thiophene rings is 1. The van der Waals surface area contributed by atoms with Crippen LogP contribution in [0.2, 0.25) is 19.6 Å². The van der Waals surface area contributed by atoms with Crippen LogP contribution in [0.5, 0.6) is 0 Å². The van der Waals surface area contributed by atoms with Crippen molar-refractivity contribution in [1.29, 1.82) is 0 Å². The van der Waals surface area contributed by atoms with Crippen LogP contribution in [0, 0.1) is 0 Å². The van der Waals surface area contributed by atoms with Crippen LogP contribution in [0.15, 0.2) is 17.5 Å². The monoisotopic (exact) mass is 214 g/mol. The number of aldehydes is 1. The number of carbonyl (C=O) groups excluding carboxylic acids is 1. The third-order valence-corrected chi connectivity index (χ3v) is 3.32. The number of hydrogen-bond donors (Lipinski definition) is 0. The standard InChI is InChI=1S/C9H14O2SSi/c1-13(2,3)11-8(7-10)9-5-4-6-12-9/h4-8H,1-3H3. The Morgan fingerprint density at radius 1 is 1.54 bits per heavy atom. The highest BCUT2D eigenvalue weighted by atomic mass is 32.1. The lowest BCUT2D eigenvalue weighted by molar-refractivity contribution is -0.114. The third kappa shape index (κ3) is 3.42. The number of rotatable bonds is 4. The topological polar surface area (TPSA) is 26.3 Å². The molecule has 72 valence electrons. The van der Waals surface area contributed by atoms with Gasteiger partial charge in [-0.25, -0.2) is 0 Å². The molecule has 0 aliphatic heterocycles. The maximum atomic E-state index is 10.8. The van der Waals surface area contributed by atoms with Crippen molar-refractivity contribution in [3.05, 3.63) is 22.4 Å². The molecule has 0 bridgehead atoms. The molecule has 0 saturated heterocycles. The van der Waals surface area contributed by atoms with E-state index < -0.39 is 8.32 Å². The fourth-order valence-corrected chi connectivity index (χ4v) is 2.73. The maximum absolute atomic E-state index is 10.8. The Morgan fingerprint density at radius 2 is 2.23 bits per heavy atom. The Morgan fingerprint density at radius 3 is 2.62 bits per heavy atom. The maximum Gasteiger partial charge on any atom is 0.185 e. The normalized spacial score (nSPS) is 14.1. The molecule has 1 heterocycles. The SMILES string of the molecule is C[Si](C)(C)OC(C=O)c1cccs1. The first-order valence-corrected chi connectivity index (χ1v) is 8.48. The largest absolute Gasteiger partial charge is 0.403 e. The highest BCUT2D eigenvalue weighted by molar-refractivity contribution is 7.10. The van der Waals surface area contributed by atoms with E-state index >= 15 is 0 Å². The molecule has 2 nitrogen and oxygen atoms in total. The van der Waals surface area contributed by atoms with E-state index in [1.54, 1.807) is 11.3 Å². The first-order valence-electron chi connectivity index (χ1n) is 4.19. The summed E-state index contributed by atoms with van der Waals surface area (Å²) in [5.41, 5.74) is 0. The molecule has 1 rings (SSSR count). The summed E-state index contributed by atoms with van der Waals surface area (Å²) in [5, 5.41) is 1.96. The summed E-state index contributed by atoms with van der Waals surface area (Å²) >= 11 is 1.56. The van der Waals surface area contributed by atoms with Gasteiger partial charge in [-0.1, -0.05) is 6.07 Å². The van der Waals surface area contributed by atoms with Gasteiger partial charge in [-0.3, -0.25) is 0 Å². The van der Waals surface area contributed by atoms with Crippen LogP contribution >= 0.6 is 11.3 Å². The Hall–Kier alpha value is -0.453. The lowest BCUT2D eigenvalue weighted by atomic mass is 10.3. The van der Waals surface area contributed by atoms with Gasteiger partial charge in [-0.05, 0) is 31.1 Å². The minimum atomic E-state index is -1.62. The van der Waals surface area contributed by atoms with Crippen molar-refractivity contribution in [2.75, 3.05) is 0 Å². The van der Waals surface area contributed by atoms with Gasteiger partial charge in [0.1, 0.15) is 6.10 Å². The van der Waals surface area contributed by atoms with Crippen molar-refractivity contribution in [1.82, 2.24) is 0 Å². The zero-order valence-electron chi connectivity index (χ0n) is 8.11. The average molecular weight is 214 g/mol. The molecule has 0 N–H and O–H groups in total. The fraction of sp³-hybridized carbons (Fsp3) is 0.444. The van der Waals surface area contributed by atoms with E-state index in [4.69, 9.17) is 4.43 Å². The minimum Gasteiger partial charge on any atom is -0.403 e. The van der Waals surface area contributed by atoms with E-state index in [1.807, 2.05) is 17.5 Å². The molecular weight excluding hydrogens is 200 g/mol. The highest BCUT2D eigenvalue weighted by Gasteiger charge is 2.22. The van der Waals surface area contributed by atoms with Crippen LogP contribution in [0.25, 0.3) is 0 Å². The number of hydrogen-bond acceptors (Lipinski definition) is 3. The van der Waals surface area contributed by atoms with Crippen molar-refractivity contribution in [2.24, 2.45) is 0 Å². The van der Waals surface area contributed by atoms with Gasteiger partial charge in [0.05, 0.1) is 0 Å². The lowest BCUT2D eigenvalue weighted by Gasteiger charge is -2.21. The van der Waals surface area contributed by atoms with Crippen molar-refractivity contribution < 1.29 is 9.22 Å². The van der Waals surface area contributed by atoms with E-state index in [-0.39, 0.29) is 6.10 Å². The summed E-state index contributed by atoms with van der Waals surface area (Å²) < 4.78 is 5.71. The average Bonchev–Trinajstić information content (AvgIpc) is 2.50. The molecule has 0 aliphatic rings. The van der Waals surface area contributed by atoms with Crippen molar-refractivity contribution >= 4 is 25.9 Å². The van der Waals surface area contributed by atoms with Crippen molar-refractivity contribution in [2.45, 2.75) is 25.7 Å². The molecule has 0 fully saturated rings. The molecule has 1 atom stereocenters. The fourth-order valence-electron chi connectivity index (χ4n) is 0.987. The molecule has 1 unspecified atom stereocenters. The van der Waals surface area contributed by atoms with Crippen molar-refractivity contribution in [3.63, 3.8) is 0 Å². The van der Waals surface area contributed by atoms with Crippen LogP contribution in [-0.2, 0) is 9.22 Å². The Labute approximate surface area is 83.7 Å². The van der Waals surface area contributed by atoms with E-state index in [0.29, 0.717) is 0 Å². The molecule has 0 aliphatic carbocycles. The summed E-state index contributed by atoms with van der Waals surface area (Å²) in [4.78, 5) is 11.8. The van der Waals surface area contributed by atoms with Gasteiger partial charge in [0.15, 0.2) is 14.6 Å². The van der Waals surface area contributed by atoms with Crippen LogP contribution in [-0.4, -0.2) is 14.6 Å². The van der Waals surface area contributed by atoms with Gasteiger partial charge in [0.2, 0.25) is 0 Å². The highest BCUT2D eigenvalue weighted by Crippen LogP contribution is 2.23. The Balaban J connectivity index is 2.70. The number of carbonyl (C=O) groups is 1. The smallest absolute Gasteiger partial charge is 0.185 e. The van der Waals surface area contributed by atoms with Crippen LogP contribution in [0.3, 0.4) is 0 Å². The van der Waals surface area contributed by atoms with E-state index in [0.717, 1.165) is 11.2 Å². The second-order valence-electron chi connectivity index (χ2n) is 3.80. The first-order chi connectivity index (χ1) is 6.03. The molecule has 0 aromatic carbocycles. The molecule has 0 saturated carbocycles. The zero-order valence-corrected chi connectivity index (χ0v) is 9.93. The molecule has 13 heavy (non-hydrogen) atoms. The Bertz CT molecular complexity index is 264. The molecule has 0 amide bonds. The van der Waals surface area contributed by atoms with Gasteiger partial charge in [-0.2, -0.15) is 0 Å². The van der Waals surface area contributed by atoms with Gasteiger partial charge in [-0.15, -0.1) is 11.3 Å². The van der Waals surface area contributed by atoms with Crippen LogP contribution < -0.4 is 0 Å². The summed E-state index contributed by atoms with van der Waals surface area (Å²) in [6.45, 7) is 6.24. The quantitative estimate of drug-likeness (QED) is 0.569. The summed E-state index contributed by atoms with van der Waals surface area (Å²) in [6.07, 6.45) is 0.524. The molecule has 0 spiro atoms. The summed E-state index contributed by atoms with van der Waals surface area (Å²) in [6, 6.07) is 3.87. The molecule has 4 heteroatoms. The molecule has 0 radical (unpaired) electrons. The van der Waals surface area contributed by atoms with E-state index in [2.05, 4.69) is 19.6 Å². The summed E-state index contributed by atoms with van der Waals surface area (Å²) in [5.74, 6) is 0. The van der Waals surface area contributed by atoms with Gasteiger partial charge in [0, 0.05) is 4.88 Å². The minimum absolute atomic E-state index is 0.355. The van der Waals surface area contributed by atoms with Crippen LogP contribution in [0.4, 0.5) is 0 Å². The van der Waals surface area contributed by atoms with Crippen LogP contribution in [0.1, 0.15) is 11.0 Å². The second-order valence-corrected chi connectivity index (χ2v) is 9.24.